The van der Waals surface area contributed by atoms with E-state index >= 15 is 0 Å². The molecule has 2 atom stereocenters. The summed E-state index contributed by atoms with van der Waals surface area (Å²) in [6.07, 6.45) is 1.57. The van der Waals surface area contributed by atoms with Gasteiger partial charge in [0.25, 0.3) is 0 Å². The molecular weight excluding hydrogens is 322 g/mol. The molecular formula is C19H21NO3S. The first kappa shape index (κ1) is 16.7. The lowest BCUT2D eigenvalue weighted by Crippen LogP contribution is -2.42. The first-order valence-corrected chi connectivity index (χ1v) is 9.10. The van der Waals surface area contributed by atoms with Crippen LogP contribution in [0.2, 0.25) is 0 Å². The molecule has 0 N–H and O–H groups in total. The van der Waals surface area contributed by atoms with E-state index in [0.29, 0.717) is 19.4 Å². The van der Waals surface area contributed by atoms with Crippen LogP contribution in [0.1, 0.15) is 36.3 Å². The molecule has 1 aliphatic rings. The molecule has 126 valence electrons. The van der Waals surface area contributed by atoms with Crippen LogP contribution in [-0.2, 0) is 20.7 Å². The average molecular weight is 343 g/mol. The van der Waals surface area contributed by atoms with E-state index in [4.69, 9.17) is 4.74 Å². The number of hydrogen-bond donors (Lipinski definition) is 0. The maximum atomic E-state index is 12.5. The topological polar surface area (TPSA) is 46.6 Å². The van der Waals surface area contributed by atoms with Gasteiger partial charge in [-0.15, -0.1) is 11.3 Å². The van der Waals surface area contributed by atoms with Crippen LogP contribution >= 0.6 is 11.3 Å². The molecule has 1 fully saturated rings. The number of thiophene rings is 1. The van der Waals surface area contributed by atoms with Crippen LogP contribution in [0.15, 0.2) is 47.8 Å². The monoisotopic (exact) mass is 343 g/mol. The van der Waals surface area contributed by atoms with Gasteiger partial charge in [0, 0.05) is 11.4 Å². The Morgan fingerprint density at radius 1 is 1.25 bits per heavy atom. The SMILES string of the molecule is CC(OC(=O)C1CCCN1C(=O)Cc1cccs1)c1ccccc1. The molecule has 1 aromatic carbocycles. The maximum Gasteiger partial charge on any atom is 0.329 e. The van der Waals surface area contributed by atoms with Gasteiger partial charge < -0.3 is 9.64 Å². The lowest BCUT2D eigenvalue weighted by atomic mass is 10.1. The zero-order chi connectivity index (χ0) is 16.9. The van der Waals surface area contributed by atoms with Gasteiger partial charge in [0.2, 0.25) is 5.91 Å². The minimum atomic E-state index is -0.455. The van der Waals surface area contributed by atoms with E-state index in [0.717, 1.165) is 16.9 Å². The molecule has 24 heavy (non-hydrogen) atoms. The van der Waals surface area contributed by atoms with E-state index in [9.17, 15) is 9.59 Å². The van der Waals surface area contributed by atoms with Gasteiger partial charge in [-0.1, -0.05) is 36.4 Å². The number of ether oxygens (including phenoxy) is 1. The van der Waals surface area contributed by atoms with Crippen molar-refractivity contribution in [2.45, 2.75) is 38.3 Å². The van der Waals surface area contributed by atoms with E-state index in [-0.39, 0.29) is 18.0 Å². The maximum absolute atomic E-state index is 12.5. The Bertz CT molecular complexity index is 684. The van der Waals surface area contributed by atoms with E-state index in [1.807, 2.05) is 54.8 Å². The Morgan fingerprint density at radius 3 is 2.75 bits per heavy atom. The van der Waals surface area contributed by atoms with Crippen LogP contribution in [0.5, 0.6) is 0 Å². The van der Waals surface area contributed by atoms with Crippen molar-refractivity contribution in [2.75, 3.05) is 6.54 Å². The normalized spacial score (nSPS) is 18.4. The highest BCUT2D eigenvalue weighted by molar-refractivity contribution is 7.10. The van der Waals surface area contributed by atoms with Crippen LogP contribution in [-0.4, -0.2) is 29.4 Å². The predicted octanol–water partition coefficient (Wildman–Crippen LogP) is 3.59. The van der Waals surface area contributed by atoms with Crippen molar-refractivity contribution < 1.29 is 14.3 Å². The van der Waals surface area contributed by atoms with Crippen molar-refractivity contribution in [3.05, 3.63) is 58.3 Å². The van der Waals surface area contributed by atoms with Crippen molar-refractivity contribution in [3.8, 4) is 0 Å². The number of esters is 1. The Balaban J connectivity index is 1.62. The Hall–Kier alpha value is -2.14. The number of benzene rings is 1. The molecule has 0 spiro atoms. The Kier molecular flexibility index (Phi) is 5.30. The summed E-state index contributed by atoms with van der Waals surface area (Å²) in [7, 11) is 0. The Morgan fingerprint density at radius 2 is 2.04 bits per heavy atom. The Labute approximate surface area is 146 Å². The summed E-state index contributed by atoms with van der Waals surface area (Å²) in [6, 6.07) is 13.1. The average Bonchev–Trinajstić information content (AvgIpc) is 3.27. The number of hydrogen-bond acceptors (Lipinski definition) is 4. The molecule has 2 heterocycles. The molecule has 0 bridgehead atoms. The van der Waals surface area contributed by atoms with Crippen LogP contribution in [0.25, 0.3) is 0 Å². The molecule has 3 rings (SSSR count). The molecule has 1 aromatic heterocycles. The lowest BCUT2D eigenvalue weighted by Gasteiger charge is -2.25. The molecule has 0 radical (unpaired) electrons. The lowest BCUT2D eigenvalue weighted by molar-refractivity contribution is -0.157. The smallest absolute Gasteiger partial charge is 0.329 e. The third-order valence-corrected chi connectivity index (χ3v) is 5.19. The first-order chi connectivity index (χ1) is 11.6. The summed E-state index contributed by atoms with van der Waals surface area (Å²) < 4.78 is 5.61. The van der Waals surface area contributed by atoms with Crippen LogP contribution in [0.4, 0.5) is 0 Å². The molecule has 0 saturated carbocycles. The summed E-state index contributed by atoms with van der Waals surface area (Å²) in [4.78, 5) is 27.7. The third kappa shape index (κ3) is 3.85. The van der Waals surface area contributed by atoms with Gasteiger partial charge in [0.05, 0.1) is 6.42 Å². The first-order valence-electron chi connectivity index (χ1n) is 8.22. The molecule has 4 nitrogen and oxygen atoms in total. The molecule has 1 aliphatic heterocycles. The zero-order valence-corrected chi connectivity index (χ0v) is 14.5. The van der Waals surface area contributed by atoms with Crippen molar-refractivity contribution >= 4 is 23.2 Å². The number of amides is 1. The summed E-state index contributed by atoms with van der Waals surface area (Å²) >= 11 is 1.56. The van der Waals surface area contributed by atoms with E-state index in [1.54, 1.807) is 16.2 Å². The van der Waals surface area contributed by atoms with Gasteiger partial charge in [-0.3, -0.25) is 4.79 Å². The number of carbonyl (C=O) groups excluding carboxylic acids is 2. The molecule has 2 aromatic rings. The van der Waals surface area contributed by atoms with Crippen LogP contribution in [0, 0.1) is 0 Å². The van der Waals surface area contributed by atoms with E-state index in [2.05, 4.69) is 0 Å². The highest BCUT2D eigenvalue weighted by Gasteiger charge is 2.35. The van der Waals surface area contributed by atoms with E-state index in [1.165, 1.54) is 0 Å². The van der Waals surface area contributed by atoms with E-state index < -0.39 is 6.04 Å². The predicted molar refractivity (Wildman–Crippen MR) is 93.7 cm³/mol. The van der Waals surface area contributed by atoms with Gasteiger partial charge in [-0.25, -0.2) is 4.79 Å². The molecule has 1 saturated heterocycles. The number of likely N-dealkylation sites (tertiary alicyclic amines) is 1. The largest absolute Gasteiger partial charge is 0.456 e. The van der Waals surface area contributed by atoms with Gasteiger partial charge in [0.15, 0.2) is 0 Å². The van der Waals surface area contributed by atoms with Crippen LogP contribution < -0.4 is 0 Å². The summed E-state index contributed by atoms with van der Waals surface area (Å²) in [6.45, 7) is 2.49. The van der Waals surface area contributed by atoms with Crippen LogP contribution in [0.3, 0.4) is 0 Å². The second-order valence-electron chi connectivity index (χ2n) is 5.99. The minimum absolute atomic E-state index is 0.00395. The van der Waals surface area contributed by atoms with Crippen molar-refractivity contribution in [2.24, 2.45) is 0 Å². The highest BCUT2D eigenvalue weighted by Crippen LogP contribution is 2.24. The second-order valence-corrected chi connectivity index (χ2v) is 7.02. The van der Waals surface area contributed by atoms with Gasteiger partial charge in [0.1, 0.15) is 12.1 Å². The van der Waals surface area contributed by atoms with Crippen molar-refractivity contribution in [1.29, 1.82) is 0 Å². The quantitative estimate of drug-likeness (QED) is 0.780. The fourth-order valence-corrected chi connectivity index (χ4v) is 3.71. The fraction of sp³-hybridized carbons (Fsp3) is 0.368. The van der Waals surface area contributed by atoms with Gasteiger partial charge in [-0.05, 0) is 36.8 Å². The third-order valence-electron chi connectivity index (χ3n) is 4.31. The molecule has 0 aliphatic carbocycles. The zero-order valence-electron chi connectivity index (χ0n) is 13.7. The second kappa shape index (κ2) is 7.62. The molecule has 1 amide bonds. The van der Waals surface area contributed by atoms with Crippen molar-refractivity contribution in [3.63, 3.8) is 0 Å². The molecule has 2 unspecified atom stereocenters. The number of carbonyl (C=O) groups is 2. The molecule has 5 heteroatoms. The van der Waals surface area contributed by atoms with Gasteiger partial charge in [-0.2, -0.15) is 0 Å². The number of nitrogens with zero attached hydrogens (tertiary/aromatic N) is 1. The van der Waals surface area contributed by atoms with Crippen molar-refractivity contribution in [1.82, 2.24) is 4.90 Å². The highest BCUT2D eigenvalue weighted by atomic mass is 32.1. The summed E-state index contributed by atoms with van der Waals surface area (Å²) in [5.74, 6) is -0.298. The minimum Gasteiger partial charge on any atom is -0.456 e. The summed E-state index contributed by atoms with van der Waals surface area (Å²) in [5.41, 5.74) is 0.959. The fourth-order valence-electron chi connectivity index (χ4n) is 3.02. The standard InChI is InChI=1S/C19H21NO3S/c1-14(15-7-3-2-4-8-15)23-19(22)17-10-5-11-20(17)18(21)13-16-9-6-12-24-16/h2-4,6-9,12,14,17H,5,10-11,13H2,1H3. The van der Waals surface area contributed by atoms with Gasteiger partial charge >= 0.3 is 5.97 Å². The number of rotatable bonds is 5. The summed E-state index contributed by atoms with van der Waals surface area (Å²) in [5, 5.41) is 1.96.